The highest BCUT2D eigenvalue weighted by atomic mass is 32.2. The predicted molar refractivity (Wildman–Crippen MR) is 73.4 cm³/mol. The lowest BCUT2D eigenvalue weighted by Gasteiger charge is -2.07. The Hall–Kier alpha value is -0.910. The van der Waals surface area contributed by atoms with Gasteiger partial charge >= 0.3 is 0 Å². The second-order valence-electron chi connectivity index (χ2n) is 3.73. The second kappa shape index (κ2) is 7.38. The molecule has 0 radical (unpaired) electrons. The van der Waals surface area contributed by atoms with Crippen molar-refractivity contribution in [2.45, 2.75) is 31.3 Å². The van der Waals surface area contributed by atoms with Gasteiger partial charge in [-0.05, 0) is 24.1 Å². The van der Waals surface area contributed by atoms with Crippen molar-refractivity contribution in [1.29, 1.82) is 0 Å². The molecule has 0 spiro atoms. The minimum atomic E-state index is 0.422. The predicted octanol–water partition coefficient (Wildman–Crippen LogP) is 3.03. The average molecular weight is 233 g/mol. The molecule has 0 heterocycles. The van der Waals surface area contributed by atoms with Gasteiger partial charge in [0, 0.05) is 16.6 Å². The second-order valence-corrected chi connectivity index (χ2v) is 5.16. The average Bonchev–Trinajstić information content (AvgIpc) is 2.34. The summed E-state index contributed by atoms with van der Waals surface area (Å²) in [5.41, 5.74) is 7.73. The fraction of sp³-hybridized carbons (Fsp3) is 0.429. The number of nitrogens with two attached hydrogens (primary N) is 1. The maximum atomic E-state index is 5.33. The molecule has 1 aromatic carbocycles. The molecular weight excluding hydrogens is 214 g/mol. The maximum Gasteiger partial charge on any atom is 0.0555 e. The molecule has 1 aromatic rings. The Morgan fingerprint density at radius 1 is 1.31 bits per heavy atom. The van der Waals surface area contributed by atoms with E-state index in [-0.39, 0.29) is 0 Å². The van der Waals surface area contributed by atoms with E-state index in [4.69, 9.17) is 5.73 Å². The van der Waals surface area contributed by atoms with Crippen LogP contribution in [0.25, 0.3) is 0 Å². The van der Waals surface area contributed by atoms with Crippen molar-refractivity contribution in [1.82, 2.24) is 0 Å². The summed E-state index contributed by atoms with van der Waals surface area (Å²) in [6.45, 7) is 4.92. The van der Waals surface area contributed by atoms with Crippen LogP contribution in [0.3, 0.4) is 0 Å². The summed E-state index contributed by atoms with van der Waals surface area (Å²) in [6, 6.07) is 8.43. The van der Waals surface area contributed by atoms with Crippen LogP contribution in [-0.2, 0) is 5.75 Å². The van der Waals surface area contributed by atoms with Crippen LogP contribution < -0.4 is 5.73 Å². The van der Waals surface area contributed by atoms with E-state index in [2.05, 4.69) is 50.0 Å². The lowest BCUT2D eigenvalue weighted by molar-refractivity contribution is 0.905. The molecule has 2 heteroatoms. The van der Waals surface area contributed by atoms with Crippen LogP contribution in [0.4, 0.5) is 0 Å². The van der Waals surface area contributed by atoms with Crippen molar-refractivity contribution in [3.05, 3.63) is 35.4 Å². The Morgan fingerprint density at radius 2 is 2.00 bits per heavy atom. The first kappa shape index (κ1) is 13.2. The summed E-state index contributed by atoms with van der Waals surface area (Å²) in [5, 5.41) is 0.733. The molecule has 1 nitrogen and oxygen atoms in total. The lowest BCUT2D eigenvalue weighted by Crippen LogP contribution is -1.94. The molecule has 0 aliphatic heterocycles. The summed E-state index contributed by atoms with van der Waals surface area (Å²) < 4.78 is 0. The minimum absolute atomic E-state index is 0.422. The van der Waals surface area contributed by atoms with Gasteiger partial charge in [0.15, 0.2) is 0 Å². The molecule has 1 atom stereocenters. The molecule has 0 amide bonds. The highest BCUT2D eigenvalue weighted by Crippen LogP contribution is 2.19. The van der Waals surface area contributed by atoms with Gasteiger partial charge in [-0.2, -0.15) is 11.8 Å². The van der Waals surface area contributed by atoms with Crippen LogP contribution >= 0.6 is 11.8 Å². The van der Waals surface area contributed by atoms with Crippen molar-refractivity contribution in [2.24, 2.45) is 5.73 Å². The SMILES string of the molecule is CCC(C)SCc1ccc(C#CCN)cc1. The van der Waals surface area contributed by atoms with Gasteiger partial charge in [0.1, 0.15) is 0 Å². The summed E-state index contributed by atoms with van der Waals surface area (Å²) in [7, 11) is 0. The summed E-state index contributed by atoms with van der Waals surface area (Å²) in [5.74, 6) is 6.96. The van der Waals surface area contributed by atoms with Crippen LogP contribution in [0.2, 0.25) is 0 Å². The third kappa shape index (κ3) is 4.74. The summed E-state index contributed by atoms with van der Waals surface area (Å²) in [4.78, 5) is 0. The number of thioether (sulfide) groups is 1. The van der Waals surface area contributed by atoms with Gasteiger partial charge in [-0.3, -0.25) is 0 Å². The normalized spacial score (nSPS) is 11.7. The minimum Gasteiger partial charge on any atom is -0.320 e. The topological polar surface area (TPSA) is 26.0 Å². The zero-order valence-corrected chi connectivity index (χ0v) is 10.8. The molecule has 1 unspecified atom stereocenters. The van der Waals surface area contributed by atoms with Gasteiger partial charge in [-0.25, -0.2) is 0 Å². The maximum absolute atomic E-state index is 5.33. The van der Waals surface area contributed by atoms with Crippen molar-refractivity contribution in [2.75, 3.05) is 6.54 Å². The van der Waals surface area contributed by atoms with Crippen LogP contribution in [0, 0.1) is 11.8 Å². The monoisotopic (exact) mass is 233 g/mol. The molecule has 16 heavy (non-hydrogen) atoms. The first-order valence-electron chi connectivity index (χ1n) is 5.65. The summed E-state index contributed by atoms with van der Waals surface area (Å²) >= 11 is 2.00. The highest BCUT2D eigenvalue weighted by molar-refractivity contribution is 7.99. The molecule has 0 aromatic heterocycles. The first-order valence-corrected chi connectivity index (χ1v) is 6.70. The largest absolute Gasteiger partial charge is 0.320 e. The van der Waals surface area contributed by atoms with E-state index in [1.165, 1.54) is 12.0 Å². The van der Waals surface area contributed by atoms with Gasteiger partial charge in [-0.1, -0.05) is 37.8 Å². The molecular formula is C14H19NS. The van der Waals surface area contributed by atoms with Crippen molar-refractivity contribution in [3.63, 3.8) is 0 Å². The van der Waals surface area contributed by atoms with Crippen LogP contribution in [0.1, 0.15) is 31.4 Å². The number of hydrogen-bond donors (Lipinski definition) is 1. The van der Waals surface area contributed by atoms with E-state index < -0.39 is 0 Å². The van der Waals surface area contributed by atoms with Crippen LogP contribution in [0.15, 0.2) is 24.3 Å². The fourth-order valence-corrected chi connectivity index (χ4v) is 2.10. The molecule has 0 aliphatic carbocycles. The quantitative estimate of drug-likeness (QED) is 0.809. The van der Waals surface area contributed by atoms with Crippen molar-refractivity contribution >= 4 is 11.8 Å². The van der Waals surface area contributed by atoms with Gasteiger partial charge in [0.2, 0.25) is 0 Å². The third-order valence-corrected chi connectivity index (χ3v) is 3.80. The van der Waals surface area contributed by atoms with Crippen LogP contribution in [0.5, 0.6) is 0 Å². The lowest BCUT2D eigenvalue weighted by atomic mass is 10.1. The Kier molecular flexibility index (Phi) is 6.07. The first-order chi connectivity index (χ1) is 7.76. The molecule has 1 rings (SSSR count). The van der Waals surface area contributed by atoms with E-state index in [1.54, 1.807) is 0 Å². The van der Waals surface area contributed by atoms with E-state index in [1.807, 2.05) is 11.8 Å². The molecule has 0 saturated heterocycles. The van der Waals surface area contributed by atoms with E-state index in [9.17, 15) is 0 Å². The standard InChI is InChI=1S/C14H19NS/c1-3-12(2)16-11-14-8-6-13(7-9-14)5-4-10-15/h6-9,12H,3,10-11,15H2,1-2H3. The molecule has 2 N–H and O–H groups in total. The summed E-state index contributed by atoms with van der Waals surface area (Å²) in [6.07, 6.45) is 1.23. The van der Waals surface area contributed by atoms with E-state index in [0.717, 1.165) is 16.6 Å². The Balaban J connectivity index is 2.51. The Morgan fingerprint density at radius 3 is 2.56 bits per heavy atom. The van der Waals surface area contributed by atoms with Gasteiger partial charge in [0.25, 0.3) is 0 Å². The molecule has 0 aliphatic rings. The molecule has 0 saturated carbocycles. The van der Waals surface area contributed by atoms with Gasteiger partial charge in [0.05, 0.1) is 6.54 Å². The van der Waals surface area contributed by atoms with Crippen molar-refractivity contribution in [3.8, 4) is 11.8 Å². The zero-order valence-electron chi connectivity index (χ0n) is 9.99. The molecule has 86 valence electrons. The Labute approximate surface area is 103 Å². The zero-order chi connectivity index (χ0) is 11.8. The van der Waals surface area contributed by atoms with Crippen molar-refractivity contribution < 1.29 is 0 Å². The van der Waals surface area contributed by atoms with Gasteiger partial charge < -0.3 is 5.73 Å². The molecule has 0 bridgehead atoms. The number of hydrogen-bond acceptors (Lipinski definition) is 2. The van der Waals surface area contributed by atoms with E-state index >= 15 is 0 Å². The number of rotatable bonds is 4. The fourth-order valence-electron chi connectivity index (χ4n) is 1.19. The highest BCUT2D eigenvalue weighted by Gasteiger charge is 1.99. The Bertz CT molecular complexity index is 359. The van der Waals surface area contributed by atoms with Gasteiger partial charge in [-0.15, -0.1) is 0 Å². The third-order valence-electron chi connectivity index (χ3n) is 2.40. The number of benzene rings is 1. The smallest absolute Gasteiger partial charge is 0.0555 e. The van der Waals surface area contributed by atoms with Crippen LogP contribution in [-0.4, -0.2) is 11.8 Å². The van der Waals surface area contributed by atoms with E-state index in [0.29, 0.717) is 6.54 Å². The molecule has 0 fully saturated rings.